The van der Waals surface area contributed by atoms with Gasteiger partial charge in [-0.05, 0) is 24.3 Å². The maximum Gasteiger partial charge on any atom is 0.171 e. The van der Waals surface area contributed by atoms with Crippen molar-refractivity contribution in [3.63, 3.8) is 0 Å². The van der Waals surface area contributed by atoms with E-state index in [1.54, 1.807) is 6.07 Å². The van der Waals surface area contributed by atoms with Crippen molar-refractivity contribution >= 4 is 23.1 Å². The second-order valence-corrected chi connectivity index (χ2v) is 3.57. The third kappa shape index (κ3) is 2.49. The van der Waals surface area contributed by atoms with Gasteiger partial charge in [-0.1, -0.05) is 11.6 Å². The minimum Gasteiger partial charge on any atom is -0.338 e. The molecule has 0 unspecified atom stereocenters. The number of halogens is 2. The summed E-state index contributed by atoms with van der Waals surface area (Å²) in [6, 6.07) is 7.70. The van der Waals surface area contributed by atoms with Gasteiger partial charge in [0.1, 0.15) is 11.9 Å². The number of nitrogens with zero attached hydrogens (tertiary/aromatic N) is 3. The summed E-state index contributed by atoms with van der Waals surface area (Å²) in [6.07, 6.45) is 1.41. The molecule has 1 heterocycles. The molecule has 84 valence electrons. The molecule has 6 heteroatoms. The smallest absolute Gasteiger partial charge is 0.171 e. The van der Waals surface area contributed by atoms with E-state index in [2.05, 4.69) is 15.5 Å². The Labute approximate surface area is 102 Å². The monoisotopic (exact) mass is 248 g/mol. The molecular formula is C11H6ClFN4. The van der Waals surface area contributed by atoms with Gasteiger partial charge in [-0.2, -0.15) is 10.4 Å². The first-order chi connectivity index (χ1) is 8.20. The lowest BCUT2D eigenvalue weighted by molar-refractivity contribution is 0.629. The van der Waals surface area contributed by atoms with Crippen LogP contribution in [-0.2, 0) is 0 Å². The molecule has 0 radical (unpaired) electrons. The van der Waals surface area contributed by atoms with Crippen LogP contribution in [0.25, 0.3) is 0 Å². The second-order valence-electron chi connectivity index (χ2n) is 3.16. The summed E-state index contributed by atoms with van der Waals surface area (Å²) in [4.78, 5) is 0. The molecule has 0 saturated carbocycles. The van der Waals surface area contributed by atoms with E-state index < -0.39 is 5.82 Å². The molecule has 0 amide bonds. The van der Waals surface area contributed by atoms with Gasteiger partial charge in [0.15, 0.2) is 5.82 Å². The van der Waals surface area contributed by atoms with Crippen LogP contribution in [0.5, 0.6) is 0 Å². The van der Waals surface area contributed by atoms with Crippen molar-refractivity contribution < 1.29 is 4.39 Å². The Bertz CT molecular complexity index is 594. The molecule has 2 aromatic rings. The lowest BCUT2D eigenvalue weighted by Gasteiger charge is -2.06. The quantitative estimate of drug-likeness (QED) is 0.888. The number of aromatic nitrogens is 2. The molecule has 17 heavy (non-hydrogen) atoms. The molecule has 0 atom stereocenters. The minimum absolute atomic E-state index is 0.0372. The van der Waals surface area contributed by atoms with Gasteiger partial charge >= 0.3 is 0 Å². The van der Waals surface area contributed by atoms with E-state index in [-0.39, 0.29) is 10.8 Å². The molecule has 1 aromatic carbocycles. The molecule has 2 rings (SSSR count). The average Bonchev–Trinajstić information content (AvgIpc) is 2.34. The molecule has 0 bridgehead atoms. The average molecular weight is 249 g/mol. The van der Waals surface area contributed by atoms with Gasteiger partial charge in [0, 0.05) is 5.69 Å². The van der Waals surface area contributed by atoms with E-state index in [9.17, 15) is 4.39 Å². The molecule has 4 nitrogen and oxygen atoms in total. The lowest BCUT2D eigenvalue weighted by Crippen LogP contribution is -1.98. The summed E-state index contributed by atoms with van der Waals surface area (Å²) in [6.45, 7) is 0. The highest BCUT2D eigenvalue weighted by Crippen LogP contribution is 2.22. The van der Waals surface area contributed by atoms with Crippen LogP contribution in [0.4, 0.5) is 15.9 Å². The number of anilines is 2. The lowest BCUT2D eigenvalue weighted by atomic mass is 10.2. The zero-order valence-electron chi connectivity index (χ0n) is 8.48. The van der Waals surface area contributed by atoms with E-state index in [1.807, 2.05) is 6.07 Å². The van der Waals surface area contributed by atoms with Crippen LogP contribution in [0.3, 0.4) is 0 Å². The SMILES string of the molecule is N#Cc1ccnnc1Nc1ccc(Cl)c(F)c1. The first-order valence-corrected chi connectivity index (χ1v) is 5.02. The Morgan fingerprint density at radius 1 is 1.35 bits per heavy atom. The third-order valence-corrected chi connectivity index (χ3v) is 2.33. The van der Waals surface area contributed by atoms with Crippen LogP contribution < -0.4 is 5.32 Å². The van der Waals surface area contributed by atoms with Gasteiger partial charge in [-0.3, -0.25) is 0 Å². The Morgan fingerprint density at radius 3 is 2.88 bits per heavy atom. The summed E-state index contributed by atoms with van der Waals surface area (Å²) in [7, 11) is 0. The van der Waals surface area contributed by atoms with Crippen molar-refractivity contribution in [2.75, 3.05) is 5.32 Å². The molecule has 0 saturated heterocycles. The Balaban J connectivity index is 2.32. The second kappa shape index (κ2) is 4.76. The van der Waals surface area contributed by atoms with E-state index in [4.69, 9.17) is 16.9 Å². The topological polar surface area (TPSA) is 61.6 Å². The van der Waals surface area contributed by atoms with Gasteiger partial charge < -0.3 is 5.32 Å². The number of hydrogen-bond donors (Lipinski definition) is 1. The van der Waals surface area contributed by atoms with Crippen LogP contribution in [0.15, 0.2) is 30.5 Å². The number of hydrogen-bond acceptors (Lipinski definition) is 4. The van der Waals surface area contributed by atoms with Gasteiger partial charge in [0.2, 0.25) is 0 Å². The van der Waals surface area contributed by atoms with Crippen LogP contribution >= 0.6 is 11.6 Å². The Kier molecular flexibility index (Phi) is 3.17. The van der Waals surface area contributed by atoms with E-state index in [0.717, 1.165) is 0 Å². The molecule has 1 N–H and O–H groups in total. The zero-order valence-corrected chi connectivity index (χ0v) is 9.24. The third-order valence-electron chi connectivity index (χ3n) is 2.02. The molecule has 1 aromatic heterocycles. The summed E-state index contributed by atoms with van der Waals surface area (Å²) >= 11 is 5.56. The van der Waals surface area contributed by atoms with Crippen LogP contribution in [0.1, 0.15) is 5.56 Å². The van der Waals surface area contributed by atoms with Crippen molar-refractivity contribution in [2.45, 2.75) is 0 Å². The van der Waals surface area contributed by atoms with Crippen LogP contribution in [0.2, 0.25) is 5.02 Å². The summed E-state index contributed by atoms with van der Waals surface area (Å²) in [5.41, 5.74) is 0.777. The van der Waals surface area contributed by atoms with Crippen LogP contribution in [-0.4, -0.2) is 10.2 Å². The number of benzene rings is 1. The standard InChI is InChI=1S/C11H6ClFN4/c12-9-2-1-8(5-10(9)13)16-11-7(6-14)3-4-15-17-11/h1-5H,(H,16,17). The highest BCUT2D eigenvalue weighted by Gasteiger charge is 2.05. The van der Waals surface area contributed by atoms with Gasteiger partial charge in [-0.15, -0.1) is 5.10 Å². The Morgan fingerprint density at radius 2 is 2.18 bits per heavy atom. The Hall–Kier alpha value is -2.19. The predicted molar refractivity (Wildman–Crippen MR) is 61.4 cm³/mol. The molecule has 0 spiro atoms. The van der Waals surface area contributed by atoms with E-state index in [1.165, 1.54) is 24.4 Å². The highest BCUT2D eigenvalue weighted by atomic mass is 35.5. The predicted octanol–water partition coefficient (Wildman–Crippen LogP) is 2.88. The summed E-state index contributed by atoms with van der Waals surface area (Å²) in [5.74, 6) is -0.268. The van der Waals surface area contributed by atoms with Crippen molar-refractivity contribution in [1.82, 2.24) is 10.2 Å². The first kappa shape index (κ1) is 11.3. The van der Waals surface area contributed by atoms with E-state index >= 15 is 0 Å². The minimum atomic E-state index is -0.543. The molecule has 0 aliphatic heterocycles. The largest absolute Gasteiger partial charge is 0.338 e. The number of rotatable bonds is 2. The highest BCUT2D eigenvalue weighted by molar-refractivity contribution is 6.30. The van der Waals surface area contributed by atoms with Gasteiger partial charge in [0.05, 0.1) is 16.8 Å². The molecule has 0 fully saturated rings. The van der Waals surface area contributed by atoms with Gasteiger partial charge in [0.25, 0.3) is 0 Å². The number of nitrogens with one attached hydrogen (secondary N) is 1. The van der Waals surface area contributed by atoms with E-state index in [0.29, 0.717) is 11.3 Å². The van der Waals surface area contributed by atoms with Crippen molar-refractivity contribution in [3.8, 4) is 6.07 Å². The fourth-order valence-electron chi connectivity index (χ4n) is 1.22. The zero-order chi connectivity index (χ0) is 12.3. The molecule has 0 aliphatic carbocycles. The van der Waals surface area contributed by atoms with Gasteiger partial charge in [-0.25, -0.2) is 4.39 Å². The maximum absolute atomic E-state index is 13.2. The molecular weight excluding hydrogens is 243 g/mol. The fourth-order valence-corrected chi connectivity index (χ4v) is 1.34. The van der Waals surface area contributed by atoms with Crippen LogP contribution in [0, 0.1) is 17.1 Å². The van der Waals surface area contributed by atoms with Crippen molar-refractivity contribution in [2.24, 2.45) is 0 Å². The molecule has 0 aliphatic rings. The van der Waals surface area contributed by atoms with Crippen molar-refractivity contribution in [1.29, 1.82) is 5.26 Å². The summed E-state index contributed by atoms with van der Waals surface area (Å²) in [5, 5.41) is 19.1. The maximum atomic E-state index is 13.2. The fraction of sp³-hybridized carbons (Fsp3) is 0. The van der Waals surface area contributed by atoms with Crippen molar-refractivity contribution in [3.05, 3.63) is 46.9 Å². The normalized spacial score (nSPS) is 9.71. The first-order valence-electron chi connectivity index (χ1n) is 4.64. The summed E-state index contributed by atoms with van der Waals surface area (Å²) < 4.78 is 13.2. The number of nitriles is 1.